The van der Waals surface area contributed by atoms with Gasteiger partial charge in [-0.1, -0.05) is 0 Å². The maximum absolute atomic E-state index is 12.8. The van der Waals surface area contributed by atoms with Crippen LogP contribution in [-0.2, 0) is 11.3 Å². The Labute approximate surface area is 149 Å². The molecule has 3 heterocycles. The molecule has 0 bridgehead atoms. The van der Waals surface area contributed by atoms with Gasteiger partial charge in [-0.3, -0.25) is 4.57 Å². The van der Waals surface area contributed by atoms with E-state index in [1.807, 2.05) is 0 Å². The van der Waals surface area contributed by atoms with Gasteiger partial charge in [-0.05, 0) is 6.92 Å². The van der Waals surface area contributed by atoms with Crippen LogP contribution >= 0.6 is 0 Å². The van der Waals surface area contributed by atoms with Gasteiger partial charge in [-0.25, -0.2) is 14.3 Å². The van der Waals surface area contributed by atoms with Crippen LogP contribution in [0, 0.1) is 0 Å². The molecule has 10 nitrogen and oxygen atoms in total. The maximum atomic E-state index is 12.8. The molecule has 0 radical (unpaired) electrons. The number of nitrogens with zero attached hydrogens (tertiary/aromatic N) is 4. The van der Waals surface area contributed by atoms with Gasteiger partial charge in [-0.2, -0.15) is 18.2 Å². The molecule has 150 valence electrons. The van der Waals surface area contributed by atoms with Gasteiger partial charge >= 0.3 is 11.9 Å². The minimum absolute atomic E-state index is 0.0700. The van der Waals surface area contributed by atoms with Gasteiger partial charge in [0.15, 0.2) is 18.0 Å². The Bertz CT molecular complexity index is 896. The Kier molecular flexibility index (Phi) is 4.88. The number of nitrogens with two attached hydrogens (primary N) is 1. The summed E-state index contributed by atoms with van der Waals surface area (Å²) in [6.45, 7) is 1.29. The average Bonchev–Trinajstić information content (AvgIpc) is 3.04. The molecule has 5 atom stereocenters. The fourth-order valence-electron chi connectivity index (χ4n) is 3.07. The minimum Gasteiger partial charge on any atom is -0.392 e. The quantitative estimate of drug-likeness (QED) is 0.524. The van der Waals surface area contributed by atoms with E-state index in [1.54, 1.807) is 0 Å². The van der Waals surface area contributed by atoms with Gasteiger partial charge in [-0.15, -0.1) is 0 Å². The Morgan fingerprint density at radius 2 is 2.11 bits per heavy atom. The number of ether oxygens (including phenoxy) is 1. The van der Waals surface area contributed by atoms with Crippen LogP contribution in [0.5, 0.6) is 0 Å². The molecular formula is C14H18F3N5O5. The van der Waals surface area contributed by atoms with Crippen LogP contribution in [0.4, 0.5) is 19.1 Å². The van der Waals surface area contributed by atoms with Crippen LogP contribution in [0.1, 0.15) is 19.6 Å². The predicted molar refractivity (Wildman–Crippen MR) is 84.5 cm³/mol. The second-order valence-electron chi connectivity index (χ2n) is 6.40. The highest BCUT2D eigenvalue weighted by atomic mass is 19.4. The molecule has 1 aliphatic heterocycles. The van der Waals surface area contributed by atoms with Crippen molar-refractivity contribution in [3.8, 4) is 0 Å². The van der Waals surface area contributed by atoms with Crippen molar-refractivity contribution >= 4 is 17.1 Å². The van der Waals surface area contributed by atoms with Crippen molar-refractivity contribution in [2.75, 3.05) is 5.73 Å². The molecule has 2 unspecified atom stereocenters. The molecule has 0 spiro atoms. The van der Waals surface area contributed by atoms with Crippen LogP contribution < -0.4 is 11.4 Å². The normalized spacial score (nSPS) is 25.8. The number of hydrogen-bond donors (Lipinski definition) is 4. The lowest BCUT2D eigenvalue weighted by atomic mass is 10.1. The molecule has 3 rings (SSSR count). The van der Waals surface area contributed by atoms with Crippen molar-refractivity contribution in [3.63, 3.8) is 0 Å². The monoisotopic (exact) mass is 393 g/mol. The lowest BCUT2D eigenvalue weighted by Crippen LogP contribution is -2.40. The third kappa shape index (κ3) is 3.50. The SMILES string of the molecule is CC(O)Cn1c(=O)n([C@@H]2O[C@H](C(O)C(F)(F)F)C[C@H]2O)c2nc(N)ncc21. The molecule has 5 N–H and O–H groups in total. The Hall–Kier alpha value is -2.22. The van der Waals surface area contributed by atoms with Gasteiger partial charge in [0.05, 0.1) is 24.9 Å². The van der Waals surface area contributed by atoms with Gasteiger partial charge in [0.25, 0.3) is 0 Å². The van der Waals surface area contributed by atoms with Crippen LogP contribution in [0.15, 0.2) is 11.0 Å². The van der Waals surface area contributed by atoms with E-state index in [9.17, 15) is 33.3 Å². The van der Waals surface area contributed by atoms with E-state index in [1.165, 1.54) is 13.1 Å². The van der Waals surface area contributed by atoms with Crippen molar-refractivity contribution in [1.29, 1.82) is 0 Å². The number of aromatic nitrogens is 4. The van der Waals surface area contributed by atoms with Gasteiger partial charge in [0.1, 0.15) is 11.6 Å². The number of nitrogen functional groups attached to an aromatic ring is 1. The average molecular weight is 393 g/mol. The fraction of sp³-hybridized carbons (Fsp3) is 0.643. The molecule has 0 amide bonds. The number of alkyl halides is 3. The van der Waals surface area contributed by atoms with Crippen LogP contribution in [0.2, 0.25) is 0 Å². The standard InChI is InChI=1S/C14H18F3N5O5/c1-5(23)4-21-6-3-19-12(18)20-10(6)22(13(21)26)11-7(24)2-8(27-11)9(25)14(15,16)17/h3,5,7-9,11,23-25H,2,4H2,1H3,(H2,18,19,20)/t5?,7-,8+,9?,11-/m1/s1. The first-order valence-electron chi connectivity index (χ1n) is 8.00. The highest BCUT2D eigenvalue weighted by Crippen LogP contribution is 2.36. The van der Waals surface area contributed by atoms with E-state index in [0.29, 0.717) is 0 Å². The van der Waals surface area contributed by atoms with E-state index < -0.39 is 48.9 Å². The fourth-order valence-corrected chi connectivity index (χ4v) is 3.07. The zero-order chi connectivity index (χ0) is 20.1. The molecule has 0 aliphatic carbocycles. The molecule has 1 fully saturated rings. The number of imidazole rings is 1. The highest BCUT2D eigenvalue weighted by Gasteiger charge is 2.50. The molecule has 0 saturated carbocycles. The van der Waals surface area contributed by atoms with Crippen molar-refractivity contribution in [3.05, 3.63) is 16.7 Å². The zero-order valence-electron chi connectivity index (χ0n) is 14.0. The minimum atomic E-state index is -4.95. The summed E-state index contributed by atoms with van der Waals surface area (Å²) >= 11 is 0. The maximum Gasteiger partial charge on any atom is 0.416 e. The molecule has 27 heavy (non-hydrogen) atoms. The molecule has 0 aromatic carbocycles. The van der Waals surface area contributed by atoms with Gasteiger partial charge in [0, 0.05) is 6.42 Å². The highest BCUT2D eigenvalue weighted by molar-refractivity contribution is 5.72. The van der Waals surface area contributed by atoms with E-state index >= 15 is 0 Å². The van der Waals surface area contributed by atoms with E-state index in [2.05, 4.69) is 9.97 Å². The van der Waals surface area contributed by atoms with Crippen LogP contribution in [0.3, 0.4) is 0 Å². The second kappa shape index (κ2) is 6.74. The van der Waals surface area contributed by atoms with Crippen LogP contribution in [0.25, 0.3) is 11.2 Å². The molecule has 13 heteroatoms. The number of anilines is 1. The van der Waals surface area contributed by atoms with E-state index in [0.717, 1.165) is 9.13 Å². The summed E-state index contributed by atoms with van der Waals surface area (Å²) in [5.41, 5.74) is 4.84. The van der Waals surface area contributed by atoms with Crippen molar-refractivity contribution in [2.45, 2.75) is 56.7 Å². The first kappa shape index (κ1) is 19.5. The van der Waals surface area contributed by atoms with Crippen molar-refractivity contribution in [1.82, 2.24) is 19.1 Å². The zero-order valence-corrected chi connectivity index (χ0v) is 14.0. The molecule has 1 aliphatic rings. The van der Waals surface area contributed by atoms with Crippen LogP contribution in [-0.4, -0.2) is 65.0 Å². The van der Waals surface area contributed by atoms with Gasteiger partial charge < -0.3 is 25.8 Å². The number of aliphatic hydroxyl groups excluding tert-OH is 3. The number of halogens is 3. The van der Waals surface area contributed by atoms with E-state index in [4.69, 9.17) is 10.5 Å². The number of hydrogen-bond acceptors (Lipinski definition) is 8. The third-order valence-corrected chi connectivity index (χ3v) is 4.23. The third-order valence-electron chi connectivity index (χ3n) is 4.23. The van der Waals surface area contributed by atoms with Crippen molar-refractivity contribution < 1.29 is 33.2 Å². The predicted octanol–water partition coefficient (Wildman–Crippen LogP) is -0.872. The lowest BCUT2D eigenvalue weighted by molar-refractivity contribution is -0.237. The van der Waals surface area contributed by atoms with E-state index in [-0.39, 0.29) is 23.7 Å². The Balaban J connectivity index is 2.07. The molecular weight excluding hydrogens is 375 g/mol. The second-order valence-corrected chi connectivity index (χ2v) is 6.40. The number of rotatable bonds is 4. The summed E-state index contributed by atoms with van der Waals surface area (Å²) in [7, 11) is 0. The number of aliphatic hydroxyl groups is 3. The lowest BCUT2D eigenvalue weighted by Gasteiger charge is -2.21. The van der Waals surface area contributed by atoms with Gasteiger partial charge in [0.2, 0.25) is 5.95 Å². The topological polar surface area (TPSA) is 149 Å². The largest absolute Gasteiger partial charge is 0.416 e. The first-order chi connectivity index (χ1) is 12.5. The number of fused-ring (bicyclic) bond motifs is 1. The molecule has 2 aromatic rings. The summed E-state index contributed by atoms with van der Waals surface area (Å²) in [6.07, 6.45) is -12.8. The summed E-state index contributed by atoms with van der Waals surface area (Å²) in [5.74, 6) is -0.204. The Morgan fingerprint density at radius 1 is 1.44 bits per heavy atom. The summed E-state index contributed by atoms with van der Waals surface area (Å²) < 4.78 is 45.3. The molecule has 2 aromatic heterocycles. The summed E-state index contributed by atoms with van der Waals surface area (Å²) in [6, 6.07) is 0. The smallest absolute Gasteiger partial charge is 0.392 e. The first-order valence-corrected chi connectivity index (χ1v) is 8.00. The summed E-state index contributed by atoms with van der Waals surface area (Å²) in [4.78, 5) is 20.5. The summed E-state index contributed by atoms with van der Waals surface area (Å²) in [5, 5.41) is 29.2. The Morgan fingerprint density at radius 3 is 2.70 bits per heavy atom. The molecule has 1 saturated heterocycles. The van der Waals surface area contributed by atoms with Crippen molar-refractivity contribution in [2.24, 2.45) is 0 Å².